The van der Waals surface area contributed by atoms with Crippen molar-refractivity contribution in [3.8, 4) is 5.75 Å². The van der Waals surface area contributed by atoms with Crippen LogP contribution in [0.1, 0.15) is 48.0 Å². The molecule has 0 aliphatic heterocycles. The number of carbonyl (C=O) groups excluding carboxylic acids is 1. The van der Waals surface area contributed by atoms with Crippen LogP contribution in [0, 0.1) is 5.92 Å². The van der Waals surface area contributed by atoms with Crippen LogP contribution in [0.5, 0.6) is 5.75 Å². The average molecular weight is 472 g/mol. The van der Waals surface area contributed by atoms with E-state index in [4.69, 9.17) is 9.84 Å². The summed E-state index contributed by atoms with van der Waals surface area (Å²) >= 11 is 3.54. The van der Waals surface area contributed by atoms with E-state index in [0.717, 1.165) is 32.2 Å². The van der Waals surface area contributed by atoms with Crippen LogP contribution in [0.2, 0.25) is 0 Å². The SMILES string of the molecule is C[C@H](COc1ccc2c(c1)C(C)(C)c1c(c3ccc(Br)cc3n1C)C2=O)[C@H](O)CO. The lowest BCUT2D eigenvalue weighted by atomic mass is 9.71. The number of hydrogen-bond donors (Lipinski definition) is 2. The van der Waals surface area contributed by atoms with Crippen molar-refractivity contribution in [1.82, 2.24) is 4.57 Å². The summed E-state index contributed by atoms with van der Waals surface area (Å²) in [4.78, 5) is 13.5. The summed E-state index contributed by atoms with van der Waals surface area (Å²) in [6, 6.07) is 11.6. The average Bonchev–Trinajstić information content (AvgIpc) is 3.02. The van der Waals surface area contributed by atoms with Crippen LogP contribution in [0.25, 0.3) is 10.9 Å². The maximum atomic E-state index is 13.5. The Morgan fingerprint density at radius 1 is 1.20 bits per heavy atom. The molecule has 2 atom stereocenters. The molecule has 0 saturated carbocycles. The van der Waals surface area contributed by atoms with Crippen molar-refractivity contribution in [2.24, 2.45) is 13.0 Å². The molecule has 0 radical (unpaired) electrons. The largest absolute Gasteiger partial charge is 0.493 e. The number of fused-ring (bicyclic) bond motifs is 4. The fourth-order valence-corrected chi connectivity index (χ4v) is 4.83. The Morgan fingerprint density at radius 3 is 2.63 bits per heavy atom. The first-order chi connectivity index (χ1) is 14.2. The zero-order chi connectivity index (χ0) is 21.8. The van der Waals surface area contributed by atoms with E-state index < -0.39 is 11.5 Å². The molecule has 0 bridgehead atoms. The zero-order valence-corrected chi connectivity index (χ0v) is 19.2. The van der Waals surface area contributed by atoms with Gasteiger partial charge in [-0.05, 0) is 35.9 Å². The molecule has 3 aromatic rings. The zero-order valence-electron chi connectivity index (χ0n) is 17.6. The van der Waals surface area contributed by atoms with E-state index in [-0.39, 0.29) is 24.9 Å². The number of aliphatic hydroxyl groups excluding tert-OH is 2. The maximum absolute atomic E-state index is 13.5. The van der Waals surface area contributed by atoms with E-state index in [9.17, 15) is 9.90 Å². The van der Waals surface area contributed by atoms with Crippen molar-refractivity contribution < 1.29 is 19.7 Å². The van der Waals surface area contributed by atoms with Crippen LogP contribution in [-0.4, -0.2) is 39.9 Å². The third-order valence-electron chi connectivity index (χ3n) is 6.25. The lowest BCUT2D eigenvalue weighted by Gasteiger charge is -2.34. The normalized spacial score (nSPS) is 16.8. The van der Waals surface area contributed by atoms with Crippen molar-refractivity contribution in [2.45, 2.75) is 32.3 Å². The Kier molecular flexibility index (Phi) is 5.29. The molecule has 2 aromatic carbocycles. The number of ketones is 1. The monoisotopic (exact) mass is 471 g/mol. The molecule has 0 spiro atoms. The molecule has 4 rings (SSSR count). The Balaban J connectivity index is 1.79. The molecule has 158 valence electrons. The highest BCUT2D eigenvalue weighted by atomic mass is 79.9. The molecular formula is C24H26BrNO4. The van der Waals surface area contributed by atoms with Gasteiger partial charge in [0.15, 0.2) is 5.78 Å². The van der Waals surface area contributed by atoms with Gasteiger partial charge in [-0.2, -0.15) is 0 Å². The van der Waals surface area contributed by atoms with Gasteiger partial charge in [-0.3, -0.25) is 4.79 Å². The first-order valence-electron chi connectivity index (χ1n) is 10.1. The number of nitrogens with zero attached hydrogens (tertiary/aromatic N) is 1. The van der Waals surface area contributed by atoms with E-state index in [1.807, 2.05) is 44.3 Å². The standard InChI is InChI=1S/C24H26BrNO4/c1-13(20(28)11-27)12-30-15-6-8-16-18(10-15)24(2,3)23-21(22(16)29)17-7-5-14(25)9-19(17)26(23)4/h5-10,13,20,27-28H,11-12H2,1-4H3/t13-,20-/m1/s1. The molecular weight excluding hydrogens is 446 g/mol. The lowest BCUT2D eigenvalue weighted by molar-refractivity contribution is 0.0348. The summed E-state index contributed by atoms with van der Waals surface area (Å²) in [5.74, 6) is 0.475. The Hall–Kier alpha value is -2.15. The van der Waals surface area contributed by atoms with Crippen LogP contribution in [0.4, 0.5) is 0 Å². The molecule has 1 heterocycles. The lowest BCUT2D eigenvalue weighted by Crippen LogP contribution is -2.32. The van der Waals surface area contributed by atoms with Gasteiger partial charge in [0.25, 0.3) is 0 Å². The van der Waals surface area contributed by atoms with Gasteiger partial charge in [-0.25, -0.2) is 0 Å². The van der Waals surface area contributed by atoms with E-state index in [1.54, 1.807) is 6.07 Å². The minimum Gasteiger partial charge on any atom is -0.493 e. The topological polar surface area (TPSA) is 71.7 Å². The van der Waals surface area contributed by atoms with Crippen molar-refractivity contribution in [2.75, 3.05) is 13.2 Å². The van der Waals surface area contributed by atoms with Gasteiger partial charge in [-0.1, -0.05) is 42.8 Å². The second-order valence-corrected chi connectivity index (χ2v) is 9.56. The van der Waals surface area contributed by atoms with E-state index in [2.05, 4.69) is 34.3 Å². The van der Waals surface area contributed by atoms with Gasteiger partial charge >= 0.3 is 0 Å². The molecule has 6 heteroatoms. The van der Waals surface area contributed by atoms with Gasteiger partial charge in [0, 0.05) is 45.0 Å². The molecule has 0 fully saturated rings. The quantitative estimate of drug-likeness (QED) is 0.585. The molecule has 2 N–H and O–H groups in total. The van der Waals surface area contributed by atoms with Crippen molar-refractivity contribution in [1.29, 1.82) is 0 Å². The number of hydrogen-bond acceptors (Lipinski definition) is 4. The van der Waals surface area contributed by atoms with E-state index in [1.165, 1.54) is 0 Å². The number of rotatable bonds is 5. The summed E-state index contributed by atoms with van der Waals surface area (Å²) in [7, 11) is 2.01. The Labute approximate surface area is 184 Å². The maximum Gasteiger partial charge on any atom is 0.195 e. The van der Waals surface area contributed by atoms with Gasteiger partial charge in [0.05, 0.1) is 24.9 Å². The molecule has 1 aliphatic carbocycles. The molecule has 0 saturated heterocycles. The summed E-state index contributed by atoms with van der Waals surface area (Å²) in [5, 5.41) is 19.8. The number of carbonyl (C=O) groups is 1. The minimum atomic E-state index is -0.821. The van der Waals surface area contributed by atoms with Crippen LogP contribution in [-0.2, 0) is 12.5 Å². The summed E-state index contributed by atoms with van der Waals surface area (Å²) in [6.07, 6.45) is -0.821. The number of aryl methyl sites for hydroxylation is 1. The summed E-state index contributed by atoms with van der Waals surface area (Å²) in [6.45, 7) is 6.07. The third-order valence-corrected chi connectivity index (χ3v) is 6.74. The first kappa shape index (κ1) is 21.1. The minimum absolute atomic E-state index is 0.0304. The molecule has 0 amide bonds. The third kappa shape index (κ3) is 3.18. The number of aromatic nitrogens is 1. The number of halogens is 1. The smallest absolute Gasteiger partial charge is 0.195 e. The van der Waals surface area contributed by atoms with Gasteiger partial charge in [-0.15, -0.1) is 0 Å². The highest BCUT2D eigenvalue weighted by Gasteiger charge is 2.41. The Morgan fingerprint density at radius 2 is 1.93 bits per heavy atom. The number of ether oxygens (including phenoxy) is 1. The van der Waals surface area contributed by atoms with E-state index in [0.29, 0.717) is 11.3 Å². The molecule has 1 aliphatic rings. The number of benzene rings is 2. The first-order valence-corrected chi connectivity index (χ1v) is 10.9. The predicted octanol–water partition coefficient (Wildman–Crippen LogP) is 4.18. The van der Waals surface area contributed by atoms with Crippen LogP contribution in [0.15, 0.2) is 40.9 Å². The number of aliphatic hydroxyl groups is 2. The fourth-order valence-electron chi connectivity index (χ4n) is 4.48. The second kappa shape index (κ2) is 7.52. The van der Waals surface area contributed by atoms with Crippen molar-refractivity contribution in [3.05, 3.63) is 63.3 Å². The summed E-state index contributed by atoms with van der Waals surface area (Å²) < 4.78 is 8.97. The van der Waals surface area contributed by atoms with Crippen LogP contribution in [0.3, 0.4) is 0 Å². The van der Waals surface area contributed by atoms with Crippen molar-refractivity contribution >= 4 is 32.6 Å². The van der Waals surface area contributed by atoms with E-state index >= 15 is 0 Å². The Bertz CT molecular complexity index is 1150. The molecule has 1 aromatic heterocycles. The molecule has 0 unspecified atom stereocenters. The molecule has 30 heavy (non-hydrogen) atoms. The highest BCUT2D eigenvalue weighted by Crippen LogP contribution is 2.46. The highest BCUT2D eigenvalue weighted by molar-refractivity contribution is 9.10. The summed E-state index contributed by atoms with van der Waals surface area (Å²) in [5.41, 5.74) is 4.01. The van der Waals surface area contributed by atoms with Gasteiger partial charge < -0.3 is 19.5 Å². The second-order valence-electron chi connectivity index (χ2n) is 8.64. The van der Waals surface area contributed by atoms with Gasteiger partial charge in [0.2, 0.25) is 0 Å². The molecule has 5 nitrogen and oxygen atoms in total. The van der Waals surface area contributed by atoms with Crippen LogP contribution >= 0.6 is 15.9 Å². The van der Waals surface area contributed by atoms with Crippen molar-refractivity contribution in [3.63, 3.8) is 0 Å². The fraction of sp³-hybridized carbons (Fsp3) is 0.375. The van der Waals surface area contributed by atoms with Crippen LogP contribution < -0.4 is 4.74 Å². The predicted molar refractivity (Wildman–Crippen MR) is 120 cm³/mol. The van der Waals surface area contributed by atoms with Gasteiger partial charge in [0.1, 0.15) is 5.75 Å².